The van der Waals surface area contributed by atoms with E-state index in [2.05, 4.69) is 15.8 Å². The van der Waals surface area contributed by atoms with Gasteiger partial charge in [0.15, 0.2) is 0 Å². The number of carbonyl (C=O) groups excluding carboxylic acids is 2. The largest absolute Gasteiger partial charge is 0.497 e. The maximum Gasteiger partial charge on any atom is 0.329 e. The Morgan fingerprint density at radius 2 is 2.00 bits per heavy atom. The van der Waals surface area contributed by atoms with Crippen molar-refractivity contribution in [3.05, 3.63) is 53.1 Å². The molecule has 2 rings (SSSR count). The van der Waals surface area contributed by atoms with E-state index in [0.717, 1.165) is 6.42 Å². The molecule has 2 N–H and O–H groups in total. The van der Waals surface area contributed by atoms with Gasteiger partial charge in [0, 0.05) is 22.3 Å². The van der Waals surface area contributed by atoms with E-state index in [-0.39, 0.29) is 0 Å². The third kappa shape index (κ3) is 6.31. The van der Waals surface area contributed by atoms with Gasteiger partial charge in [-0.2, -0.15) is 5.10 Å². The Morgan fingerprint density at radius 3 is 2.74 bits per heavy atom. The normalized spacial score (nSPS) is 10.5. The van der Waals surface area contributed by atoms with Crippen LogP contribution >= 0.6 is 11.6 Å². The van der Waals surface area contributed by atoms with Crippen LogP contribution in [0.15, 0.2) is 47.6 Å². The number of hydrogen-bond donors (Lipinski definition) is 2. The summed E-state index contributed by atoms with van der Waals surface area (Å²) in [5.41, 5.74) is 3.19. The second-order valence-corrected chi connectivity index (χ2v) is 5.85. The number of halogens is 1. The van der Waals surface area contributed by atoms with Crippen LogP contribution in [-0.2, 0) is 9.59 Å². The molecule has 0 spiro atoms. The molecular weight excluding hydrogens is 370 g/mol. The molecule has 0 aliphatic rings. The van der Waals surface area contributed by atoms with Crippen LogP contribution in [0.2, 0.25) is 5.02 Å². The maximum atomic E-state index is 11.9. The summed E-state index contributed by atoms with van der Waals surface area (Å²) in [6.45, 7) is 2.53. The Kier molecular flexibility index (Phi) is 7.63. The van der Waals surface area contributed by atoms with Gasteiger partial charge in [0.2, 0.25) is 0 Å². The van der Waals surface area contributed by atoms with Crippen molar-refractivity contribution in [1.82, 2.24) is 5.43 Å². The molecule has 27 heavy (non-hydrogen) atoms. The molecule has 0 heterocycles. The van der Waals surface area contributed by atoms with Crippen molar-refractivity contribution in [3.63, 3.8) is 0 Å². The molecule has 0 radical (unpaired) electrons. The monoisotopic (exact) mass is 389 g/mol. The molecule has 0 saturated heterocycles. The summed E-state index contributed by atoms with van der Waals surface area (Å²) in [6.07, 6.45) is 2.22. The highest BCUT2D eigenvalue weighted by molar-refractivity contribution is 6.39. The van der Waals surface area contributed by atoms with E-state index in [1.54, 1.807) is 42.5 Å². The Labute approximate surface area is 162 Å². The summed E-state index contributed by atoms with van der Waals surface area (Å²) < 4.78 is 10.7. The molecule has 0 fully saturated rings. The fourth-order valence-corrected chi connectivity index (χ4v) is 2.24. The predicted octanol–water partition coefficient (Wildman–Crippen LogP) is 3.23. The van der Waals surface area contributed by atoms with Crippen molar-refractivity contribution in [2.75, 3.05) is 19.0 Å². The van der Waals surface area contributed by atoms with Gasteiger partial charge in [-0.05, 0) is 36.8 Å². The first-order valence-electron chi connectivity index (χ1n) is 8.24. The summed E-state index contributed by atoms with van der Waals surface area (Å²) in [4.78, 5) is 23.8. The molecule has 2 aromatic carbocycles. The topological polar surface area (TPSA) is 89.0 Å². The molecule has 0 atom stereocenters. The fraction of sp³-hybridized carbons (Fsp3) is 0.211. The van der Waals surface area contributed by atoms with Gasteiger partial charge in [-0.25, -0.2) is 5.43 Å². The smallest absolute Gasteiger partial charge is 0.329 e. The SMILES string of the molecule is CCCOc1ccc(Cl)cc1/C=N\NC(=O)C(=O)Nc1cccc(OC)c1. The second kappa shape index (κ2) is 10.2. The van der Waals surface area contributed by atoms with E-state index in [9.17, 15) is 9.59 Å². The minimum Gasteiger partial charge on any atom is -0.497 e. The van der Waals surface area contributed by atoms with Crippen molar-refractivity contribution >= 4 is 35.3 Å². The lowest BCUT2D eigenvalue weighted by Gasteiger charge is -2.08. The molecule has 7 nitrogen and oxygen atoms in total. The van der Waals surface area contributed by atoms with Gasteiger partial charge in [-0.1, -0.05) is 24.6 Å². The average molecular weight is 390 g/mol. The first-order chi connectivity index (χ1) is 13.0. The van der Waals surface area contributed by atoms with Crippen LogP contribution in [0, 0.1) is 0 Å². The zero-order valence-electron chi connectivity index (χ0n) is 15.0. The lowest BCUT2D eigenvalue weighted by Crippen LogP contribution is -2.32. The number of benzene rings is 2. The van der Waals surface area contributed by atoms with Gasteiger partial charge in [0.1, 0.15) is 11.5 Å². The molecule has 8 heteroatoms. The molecule has 0 saturated carbocycles. The molecule has 2 amide bonds. The molecule has 0 aliphatic heterocycles. The molecule has 2 aromatic rings. The standard InChI is InChI=1S/C19H20ClN3O4/c1-3-9-27-17-8-7-14(20)10-13(17)12-21-23-19(25)18(24)22-15-5-4-6-16(11-15)26-2/h4-8,10-12H,3,9H2,1-2H3,(H,22,24)(H,23,25)/b21-12-. The Balaban J connectivity index is 1.97. The van der Waals surface area contributed by atoms with Crippen molar-refractivity contribution < 1.29 is 19.1 Å². The van der Waals surface area contributed by atoms with Crippen LogP contribution < -0.4 is 20.2 Å². The van der Waals surface area contributed by atoms with Crippen LogP contribution in [0.3, 0.4) is 0 Å². The first-order valence-corrected chi connectivity index (χ1v) is 8.62. The number of carbonyl (C=O) groups is 2. The zero-order valence-corrected chi connectivity index (χ0v) is 15.7. The Hall–Kier alpha value is -3.06. The molecular formula is C19H20ClN3O4. The minimum absolute atomic E-state index is 0.434. The van der Waals surface area contributed by atoms with E-state index < -0.39 is 11.8 Å². The number of methoxy groups -OCH3 is 1. The van der Waals surface area contributed by atoms with Crippen molar-refractivity contribution in [3.8, 4) is 11.5 Å². The Bertz CT molecular complexity index is 839. The summed E-state index contributed by atoms with van der Waals surface area (Å²) in [6, 6.07) is 11.7. The fourth-order valence-electron chi connectivity index (χ4n) is 2.06. The van der Waals surface area contributed by atoms with Crippen LogP contribution in [0.1, 0.15) is 18.9 Å². The maximum absolute atomic E-state index is 11.9. The number of nitrogens with one attached hydrogen (secondary N) is 2. The molecule has 142 valence electrons. The second-order valence-electron chi connectivity index (χ2n) is 5.42. The number of amides is 2. The van der Waals surface area contributed by atoms with Gasteiger partial charge in [0.25, 0.3) is 0 Å². The highest BCUT2D eigenvalue weighted by Crippen LogP contribution is 2.21. The number of hydrazone groups is 1. The number of rotatable bonds is 7. The number of anilines is 1. The molecule has 0 aromatic heterocycles. The summed E-state index contributed by atoms with van der Waals surface area (Å²) in [5, 5.41) is 6.76. The predicted molar refractivity (Wildman–Crippen MR) is 105 cm³/mol. The highest BCUT2D eigenvalue weighted by atomic mass is 35.5. The third-order valence-electron chi connectivity index (χ3n) is 3.34. The van der Waals surface area contributed by atoms with Gasteiger partial charge in [-0.15, -0.1) is 0 Å². The molecule has 0 unspecified atom stereocenters. The summed E-state index contributed by atoms with van der Waals surface area (Å²) in [7, 11) is 1.51. The quantitative estimate of drug-likeness (QED) is 0.432. The van der Waals surface area contributed by atoms with Gasteiger partial charge in [-0.3, -0.25) is 9.59 Å². The Morgan fingerprint density at radius 1 is 1.19 bits per heavy atom. The van der Waals surface area contributed by atoms with E-state index in [0.29, 0.717) is 34.4 Å². The summed E-state index contributed by atoms with van der Waals surface area (Å²) in [5.74, 6) is -0.618. The van der Waals surface area contributed by atoms with Crippen LogP contribution in [0.25, 0.3) is 0 Å². The van der Waals surface area contributed by atoms with Gasteiger partial charge >= 0.3 is 11.8 Å². The van der Waals surface area contributed by atoms with E-state index >= 15 is 0 Å². The number of nitrogens with zero attached hydrogens (tertiary/aromatic N) is 1. The van der Waals surface area contributed by atoms with Crippen LogP contribution in [0.4, 0.5) is 5.69 Å². The van der Waals surface area contributed by atoms with E-state index in [4.69, 9.17) is 21.1 Å². The number of ether oxygens (including phenoxy) is 2. The summed E-state index contributed by atoms with van der Waals surface area (Å²) >= 11 is 5.98. The first kappa shape index (κ1) is 20.3. The van der Waals surface area contributed by atoms with Crippen molar-refractivity contribution in [2.45, 2.75) is 13.3 Å². The van der Waals surface area contributed by atoms with Crippen molar-refractivity contribution in [1.29, 1.82) is 0 Å². The molecule has 0 aliphatic carbocycles. The minimum atomic E-state index is -0.910. The van der Waals surface area contributed by atoms with Gasteiger partial charge in [0.05, 0.1) is 19.9 Å². The average Bonchev–Trinajstić information content (AvgIpc) is 2.67. The van der Waals surface area contributed by atoms with Crippen LogP contribution in [0.5, 0.6) is 11.5 Å². The highest BCUT2D eigenvalue weighted by Gasteiger charge is 2.13. The zero-order chi connectivity index (χ0) is 19.6. The lowest BCUT2D eigenvalue weighted by atomic mass is 10.2. The van der Waals surface area contributed by atoms with E-state index in [1.807, 2.05) is 6.92 Å². The molecule has 0 bridgehead atoms. The van der Waals surface area contributed by atoms with E-state index in [1.165, 1.54) is 13.3 Å². The van der Waals surface area contributed by atoms with Crippen molar-refractivity contribution in [2.24, 2.45) is 5.10 Å². The lowest BCUT2D eigenvalue weighted by molar-refractivity contribution is -0.136. The third-order valence-corrected chi connectivity index (χ3v) is 3.57. The van der Waals surface area contributed by atoms with Crippen LogP contribution in [-0.4, -0.2) is 31.7 Å². The van der Waals surface area contributed by atoms with Gasteiger partial charge < -0.3 is 14.8 Å². The number of hydrogen-bond acceptors (Lipinski definition) is 5.